The van der Waals surface area contributed by atoms with Crippen molar-refractivity contribution in [1.29, 1.82) is 0 Å². The second-order valence-corrected chi connectivity index (χ2v) is 5.87. The number of carbonyl (C=O) groups is 1. The first-order valence-corrected chi connectivity index (χ1v) is 8.37. The van der Waals surface area contributed by atoms with E-state index in [0.29, 0.717) is 36.8 Å². The van der Waals surface area contributed by atoms with Crippen molar-refractivity contribution >= 4 is 11.6 Å². The van der Waals surface area contributed by atoms with E-state index in [4.69, 9.17) is 9.47 Å². The zero-order valence-corrected chi connectivity index (χ0v) is 14.1. The van der Waals surface area contributed by atoms with Crippen LogP contribution in [0.5, 0.6) is 17.2 Å². The highest BCUT2D eigenvalue weighted by Gasteiger charge is 2.27. The predicted octanol–water partition coefficient (Wildman–Crippen LogP) is 2.54. The largest absolute Gasteiger partial charge is 0.494 e. The summed E-state index contributed by atoms with van der Waals surface area (Å²) in [6.45, 7) is 3.02. The van der Waals surface area contributed by atoms with Crippen molar-refractivity contribution < 1.29 is 19.4 Å². The molecule has 2 aromatic carbocycles. The zero-order valence-electron chi connectivity index (χ0n) is 14.1. The molecule has 1 amide bonds. The first kappa shape index (κ1) is 17.3. The van der Waals surface area contributed by atoms with Crippen molar-refractivity contribution in [1.82, 2.24) is 5.32 Å². The lowest BCUT2D eigenvalue weighted by atomic mass is 10.2. The van der Waals surface area contributed by atoms with E-state index in [1.54, 1.807) is 24.3 Å². The minimum atomic E-state index is -0.458. The highest BCUT2D eigenvalue weighted by Crippen LogP contribution is 2.25. The molecule has 0 aliphatic carbocycles. The zero-order chi connectivity index (χ0) is 17.6. The number of carbonyl (C=O) groups excluding carboxylic acids is 1. The fourth-order valence-electron chi connectivity index (χ4n) is 2.66. The Balaban J connectivity index is 1.55. The van der Waals surface area contributed by atoms with Crippen LogP contribution in [0.2, 0.25) is 0 Å². The Kier molecular flexibility index (Phi) is 5.53. The third-order valence-electron chi connectivity index (χ3n) is 3.92. The SMILES string of the molecule is CCOc1ccc(Oc2ccc(NC(=O)C3CC(O)CN3)cc2)cc1. The van der Waals surface area contributed by atoms with Gasteiger partial charge in [0.15, 0.2) is 0 Å². The van der Waals surface area contributed by atoms with Crippen molar-refractivity contribution in [3.05, 3.63) is 48.5 Å². The number of aliphatic hydroxyl groups is 1. The highest BCUT2D eigenvalue weighted by atomic mass is 16.5. The molecule has 3 rings (SSSR count). The summed E-state index contributed by atoms with van der Waals surface area (Å²) in [7, 11) is 0. The maximum Gasteiger partial charge on any atom is 0.241 e. The number of rotatable bonds is 6. The fraction of sp³-hybridized carbons (Fsp3) is 0.316. The molecule has 6 nitrogen and oxygen atoms in total. The number of hydrogen-bond donors (Lipinski definition) is 3. The predicted molar refractivity (Wildman–Crippen MR) is 95.2 cm³/mol. The molecule has 0 spiro atoms. The van der Waals surface area contributed by atoms with Crippen molar-refractivity contribution in [2.45, 2.75) is 25.5 Å². The Labute approximate surface area is 146 Å². The van der Waals surface area contributed by atoms with Gasteiger partial charge < -0.3 is 25.2 Å². The van der Waals surface area contributed by atoms with Gasteiger partial charge in [0.25, 0.3) is 0 Å². The van der Waals surface area contributed by atoms with E-state index in [0.717, 1.165) is 5.75 Å². The quantitative estimate of drug-likeness (QED) is 0.752. The van der Waals surface area contributed by atoms with Gasteiger partial charge in [-0.25, -0.2) is 0 Å². The molecule has 1 fully saturated rings. The summed E-state index contributed by atoms with van der Waals surface area (Å²) in [4.78, 5) is 12.1. The standard InChI is InChI=1S/C19H22N2O4/c1-2-24-15-7-9-17(10-8-15)25-16-5-3-13(4-6-16)21-19(23)18-11-14(22)12-20-18/h3-10,14,18,20,22H,2,11-12H2,1H3,(H,21,23). The van der Waals surface area contributed by atoms with E-state index in [1.165, 1.54) is 0 Å². The van der Waals surface area contributed by atoms with E-state index < -0.39 is 6.10 Å². The van der Waals surface area contributed by atoms with E-state index >= 15 is 0 Å². The second-order valence-electron chi connectivity index (χ2n) is 5.87. The normalized spacial score (nSPS) is 19.4. The summed E-state index contributed by atoms with van der Waals surface area (Å²) in [6, 6.07) is 14.2. The van der Waals surface area contributed by atoms with Crippen molar-refractivity contribution in [3.8, 4) is 17.2 Å². The van der Waals surface area contributed by atoms with Crippen LogP contribution in [0.4, 0.5) is 5.69 Å². The fourth-order valence-corrected chi connectivity index (χ4v) is 2.66. The third kappa shape index (κ3) is 4.71. The topological polar surface area (TPSA) is 79.8 Å². The molecule has 0 aromatic heterocycles. The third-order valence-corrected chi connectivity index (χ3v) is 3.92. The number of hydrogen-bond acceptors (Lipinski definition) is 5. The number of ether oxygens (including phenoxy) is 2. The van der Waals surface area contributed by atoms with Crippen LogP contribution in [0.1, 0.15) is 13.3 Å². The first-order valence-electron chi connectivity index (χ1n) is 8.37. The van der Waals surface area contributed by atoms with Gasteiger partial charge in [-0.15, -0.1) is 0 Å². The minimum Gasteiger partial charge on any atom is -0.494 e. The molecule has 2 aromatic rings. The number of aliphatic hydroxyl groups excluding tert-OH is 1. The number of anilines is 1. The van der Waals surface area contributed by atoms with Crippen LogP contribution in [-0.2, 0) is 4.79 Å². The maximum absolute atomic E-state index is 12.1. The Morgan fingerprint density at radius 3 is 2.28 bits per heavy atom. The molecule has 2 unspecified atom stereocenters. The summed E-state index contributed by atoms with van der Waals surface area (Å²) >= 11 is 0. The Hall–Kier alpha value is -2.57. The number of benzene rings is 2. The number of amides is 1. The summed E-state index contributed by atoms with van der Waals surface area (Å²) in [6.07, 6.45) is -0.0225. The Morgan fingerprint density at radius 2 is 1.72 bits per heavy atom. The summed E-state index contributed by atoms with van der Waals surface area (Å²) in [5.41, 5.74) is 0.687. The minimum absolute atomic E-state index is 0.142. The van der Waals surface area contributed by atoms with Crippen molar-refractivity contribution in [3.63, 3.8) is 0 Å². The number of nitrogens with one attached hydrogen (secondary N) is 2. The van der Waals surface area contributed by atoms with Gasteiger partial charge in [0.2, 0.25) is 5.91 Å². The average Bonchev–Trinajstić information content (AvgIpc) is 3.05. The van der Waals surface area contributed by atoms with Gasteiger partial charge >= 0.3 is 0 Å². The van der Waals surface area contributed by atoms with Crippen LogP contribution in [-0.4, -0.2) is 36.3 Å². The van der Waals surface area contributed by atoms with Crippen LogP contribution in [0.3, 0.4) is 0 Å². The van der Waals surface area contributed by atoms with Crippen LogP contribution < -0.4 is 20.1 Å². The van der Waals surface area contributed by atoms with Gasteiger partial charge in [-0.1, -0.05) is 0 Å². The molecule has 0 radical (unpaired) electrons. The monoisotopic (exact) mass is 342 g/mol. The van der Waals surface area contributed by atoms with Crippen molar-refractivity contribution in [2.24, 2.45) is 0 Å². The average molecular weight is 342 g/mol. The summed E-state index contributed by atoms with van der Waals surface area (Å²) in [5.74, 6) is 2.05. The van der Waals surface area contributed by atoms with Gasteiger partial charge in [0.1, 0.15) is 17.2 Å². The molecule has 1 saturated heterocycles. The van der Waals surface area contributed by atoms with Crippen LogP contribution in [0, 0.1) is 0 Å². The molecule has 2 atom stereocenters. The summed E-state index contributed by atoms with van der Waals surface area (Å²) in [5, 5.41) is 15.3. The van der Waals surface area contributed by atoms with Crippen LogP contribution >= 0.6 is 0 Å². The Bertz CT molecular complexity index is 700. The van der Waals surface area contributed by atoms with Gasteiger partial charge in [0.05, 0.1) is 18.8 Å². The molecule has 132 valence electrons. The molecule has 1 aliphatic heterocycles. The lowest BCUT2D eigenvalue weighted by Gasteiger charge is -2.12. The van der Waals surface area contributed by atoms with Gasteiger partial charge in [0, 0.05) is 12.2 Å². The summed E-state index contributed by atoms with van der Waals surface area (Å²) < 4.78 is 11.2. The van der Waals surface area contributed by atoms with E-state index in [1.807, 2.05) is 31.2 Å². The maximum atomic E-state index is 12.1. The number of β-amino-alcohol motifs (C(OH)–C–C–N with tert-alkyl or cyclic N) is 1. The van der Waals surface area contributed by atoms with Crippen LogP contribution in [0.15, 0.2) is 48.5 Å². The van der Waals surface area contributed by atoms with Gasteiger partial charge in [-0.2, -0.15) is 0 Å². The van der Waals surface area contributed by atoms with E-state index in [9.17, 15) is 9.90 Å². The van der Waals surface area contributed by atoms with E-state index in [2.05, 4.69) is 10.6 Å². The lowest BCUT2D eigenvalue weighted by molar-refractivity contribution is -0.117. The van der Waals surface area contributed by atoms with Gasteiger partial charge in [-0.05, 0) is 61.9 Å². The molecule has 1 heterocycles. The first-order chi connectivity index (χ1) is 12.1. The smallest absolute Gasteiger partial charge is 0.241 e. The lowest BCUT2D eigenvalue weighted by Crippen LogP contribution is -2.35. The molecule has 0 saturated carbocycles. The molecular weight excluding hydrogens is 320 g/mol. The molecule has 3 N–H and O–H groups in total. The van der Waals surface area contributed by atoms with E-state index in [-0.39, 0.29) is 11.9 Å². The molecule has 25 heavy (non-hydrogen) atoms. The molecule has 0 bridgehead atoms. The Morgan fingerprint density at radius 1 is 1.12 bits per heavy atom. The van der Waals surface area contributed by atoms with Crippen molar-refractivity contribution in [2.75, 3.05) is 18.5 Å². The molecule has 6 heteroatoms. The van der Waals surface area contributed by atoms with Gasteiger partial charge in [-0.3, -0.25) is 4.79 Å². The molecule has 1 aliphatic rings. The van der Waals surface area contributed by atoms with Crippen LogP contribution in [0.25, 0.3) is 0 Å². The highest BCUT2D eigenvalue weighted by molar-refractivity contribution is 5.95. The second kappa shape index (κ2) is 8.00. The molecular formula is C19H22N2O4.